The van der Waals surface area contributed by atoms with Crippen LogP contribution in [0.4, 0.5) is 0 Å². The number of benzene rings is 9. The molecule has 0 aliphatic rings. The fraction of sp³-hybridized carbons (Fsp3) is 0. The lowest BCUT2D eigenvalue weighted by Crippen LogP contribution is -2.01. The topological polar surface area (TPSA) is 69.9 Å². The molecule has 0 spiro atoms. The van der Waals surface area contributed by atoms with Crippen LogP contribution in [0.5, 0.6) is 0 Å². The van der Waals surface area contributed by atoms with E-state index in [2.05, 4.69) is 126 Å². The van der Waals surface area contributed by atoms with Crippen molar-refractivity contribution in [3.63, 3.8) is 0 Å². The summed E-state index contributed by atoms with van der Waals surface area (Å²) in [7, 11) is 0. The van der Waals surface area contributed by atoms with E-state index in [0.29, 0.717) is 17.5 Å². The molecule has 9 aromatic carbocycles. The number of furan rings is 2. The van der Waals surface area contributed by atoms with Gasteiger partial charge >= 0.3 is 0 Å². The molecule has 0 saturated carbocycles. The van der Waals surface area contributed by atoms with Crippen LogP contribution in [0.15, 0.2) is 179 Å². The third-order valence-corrected chi connectivity index (χ3v) is 11.6. The van der Waals surface area contributed by atoms with Crippen LogP contribution in [0, 0.1) is 0 Å². The van der Waals surface area contributed by atoms with Crippen LogP contribution in [0.2, 0.25) is 0 Å². The van der Waals surface area contributed by atoms with E-state index in [9.17, 15) is 0 Å². The van der Waals surface area contributed by atoms with Crippen molar-refractivity contribution in [3.05, 3.63) is 170 Å². The first-order valence-corrected chi connectivity index (χ1v) is 19.1. The lowest BCUT2D eigenvalue weighted by atomic mass is 9.91. The Bertz CT molecular complexity index is 3630. The molecule has 13 aromatic rings. The van der Waals surface area contributed by atoms with Crippen LogP contribution in [0.3, 0.4) is 0 Å². The molecule has 0 unspecified atom stereocenters. The molecule has 0 amide bonds. The zero-order valence-electron chi connectivity index (χ0n) is 30.3. The van der Waals surface area contributed by atoms with Crippen molar-refractivity contribution in [3.8, 4) is 39.9 Å². The second kappa shape index (κ2) is 11.4. The highest BCUT2D eigenvalue weighted by atomic mass is 16.3. The smallest absolute Gasteiger partial charge is 0.164 e. The number of fused-ring (bicyclic) bond motifs is 9. The van der Waals surface area contributed by atoms with Gasteiger partial charge in [0.05, 0.1) is 11.0 Å². The van der Waals surface area contributed by atoms with Crippen LogP contribution in [0.25, 0.3) is 127 Å². The molecular formula is C51H28N4O2. The van der Waals surface area contributed by atoms with Gasteiger partial charge in [-0.05, 0) is 82.9 Å². The second-order valence-corrected chi connectivity index (χ2v) is 14.7. The van der Waals surface area contributed by atoms with Gasteiger partial charge in [-0.2, -0.15) is 0 Å². The molecular weight excluding hydrogens is 701 g/mol. The molecule has 0 N–H and O–H groups in total. The Labute approximate surface area is 324 Å². The summed E-state index contributed by atoms with van der Waals surface area (Å²) in [6, 6.07) is 59.1. The molecule has 0 aliphatic heterocycles. The van der Waals surface area contributed by atoms with Crippen LogP contribution in [-0.2, 0) is 0 Å². The van der Waals surface area contributed by atoms with E-state index in [4.69, 9.17) is 23.8 Å². The second-order valence-electron chi connectivity index (χ2n) is 14.7. The predicted octanol–water partition coefficient (Wildman–Crippen LogP) is 13.5. The Balaban J connectivity index is 1.12. The molecule has 4 aromatic heterocycles. The lowest BCUT2D eigenvalue weighted by molar-refractivity contribution is 0.668. The van der Waals surface area contributed by atoms with Gasteiger partial charge in [-0.25, -0.2) is 15.0 Å². The van der Waals surface area contributed by atoms with Crippen molar-refractivity contribution < 1.29 is 8.83 Å². The molecule has 0 radical (unpaired) electrons. The van der Waals surface area contributed by atoms with Gasteiger partial charge in [0.25, 0.3) is 0 Å². The van der Waals surface area contributed by atoms with E-state index >= 15 is 0 Å². The summed E-state index contributed by atoms with van der Waals surface area (Å²) in [6.07, 6.45) is 0. The summed E-state index contributed by atoms with van der Waals surface area (Å²) < 4.78 is 15.1. The fourth-order valence-corrected chi connectivity index (χ4v) is 9.12. The van der Waals surface area contributed by atoms with E-state index in [0.717, 1.165) is 88.1 Å². The van der Waals surface area contributed by atoms with E-state index in [1.165, 1.54) is 21.5 Å². The van der Waals surface area contributed by atoms with Crippen molar-refractivity contribution in [1.82, 2.24) is 19.5 Å². The predicted molar refractivity (Wildman–Crippen MR) is 231 cm³/mol. The van der Waals surface area contributed by atoms with Gasteiger partial charge in [0, 0.05) is 60.1 Å². The molecule has 13 rings (SSSR count). The molecule has 0 atom stereocenters. The Morgan fingerprint density at radius 3 is 1.51 bits per heavy atom. The summed E-state index contributed by atoms with van der Waals surface area (Å²) >= 11 is 0. The first-order valence-electron chi connectivity index (χ1n) is 19.1. The number of rotatable bonds is 4. The third-order valence-electron chi connectivity index (χ3n) is 11.6. The number of para-hydroxylation sites is 3. The zero-order valence-corrected chi connectivity index (χ0v) is 30.3. The minimum atomic E-state index is 0.561. The van der Waals surface area contributed by atoms with Gasteiger partial charge in [0.1, 0.15) is 22.3 Å². The Hall–Kier alpha value is -7.83. The standard InChI is InChI=1S/C51H28N4O2/c1-2-11-31(12-3-1)55-40-18-10-17-38-32-13-4-5-16-37(32)46-39(25-26-41(55)48(46)47(38)40)51-53-49(29-21-23-35-33-14-6-8-19-42(33)56-44(35)27-29)52-50(54-51)30-22-24-36-34-15-7-9-20-43(34)57-45(36)28-30/h1-28H. The molecule has 4 heterocycles. The number of hydrogen-bond acceptors (Lipinski definition) is 5. The van der Waals surface area contributed by atoms with Crippen LogP contribution in [0.1, 0.15) is 0 Å². The molecule has 6 heteroatoms. The largest absolute Gasteiger partial charge is 0.456 e. The Morgan fingerprint density at radius 2 is 0.842 bits per heavy atom. The molecule has 0 fully saturated rings. The summed E-state index contributed by atoms with van der Waals surface area (Å²) in [6.45, 7) is 0. The first-order chi connectivity index (χ1) is 28.2. The SMILES string of the molecule is c1ccc(-n2c3cccc4c5ccccc5c5c(-c6nc(-c7ccc8c(c7)oc7ccccc78)nc(-c7ccc8c(c7)oc7ccccc78)n6)ccc2c5c43)cc1. The highest BCUT2D eigenvalue weighted by molar-refractivity contribution is 6.36. The average molecular weight is 729 g/mol. The normalized spacial score (nSPS) is 12.2. The lowest BCUT2D eigenvalue weighted by Gasteiger charge is -2.14. The van der Waals surface area contributed by atoms with Crippen molar-refractivity contribution >= 4 is 87.2 Å². The highest BCUT2D eigenvalue weighted by Crippen LogP contribution is 2.47. The molecule has 57 heavy (non-hydrogen) atoms. The van der Waals surface area contributed by atoms with Gasteiger partial charge in [0.15, 0.2) is 17.5 Å². The molecule has 0 saturated heterocycles. The van der Waals surface area contributed by atoms with E-state index in [1.807, 2.05) is 48.5 Å². The van der Waals surface area contributed by atoms with Crippen molar-refractivity contribution in [2.45, 2.75) is 0 Å². The zero-order chi connectivity index (χ0) is 37.2. The van der Waals surface area contributed by atoms with E-state index in [1.54, 1.807) is 0 Å². The van der Waals surface area contributed by atoms with E-state index < -0.39 is 0 Å². The van der Waals surface area contributed by atoms with Crippen LogP contribution in [-0.4, -0.2) is 19.5 Å². The van der Waals surface area contributed by atoms with Crippen molar-refractivity contribution in [1.29, 1.82) is 0 Å². The molecule has 264 valence electrons. The summed E-state index contributed by atoms with van der Waals surface area (Å²) in [4.78, 5) is 15.8. The quantitative estimate of drug-likeness (QED) is 0.169. The average Bonchev–Trinajstić information content (AvgIpc) is 3.95. The number of aromatic nitrogens is 4. The number of nitrogens with zero attached hydrogens (tertiary/aromatic N) is 4. The molecule has 0 aliphatic carbocycles. The highest BCUT2D eigenvalue weighted by Gasteiger charge is 2.24. The van der Waals surface area contributed by atoms with E-state index in [-0.39, 0.29) is 0 Å². The fourth-order valence-electron chi connectivity index (χ4n) is 9.12. The summed E-state index contributed by atoms with van der Waals surface area (Å²) in [5.41, 5.74) is 9.31. The third kappa shape index (κ3) is 4.32. The van der Waals surface area contributed by atoms with Crippen LogP contribution >= 0.6 is 0 Å². The summed E-state index contributed by atoms with van der Waals surface area (Å²) in [5.74, 6) is 1.72. The Morgan fingerprint density at radius 1 is 0.333 bits per heavy atom. The van der Waals surface area contributed by atoms with Gasteiger partial charge in [-0.3, -0.25) is 0 Å². The van der Waals surface area contributed by atoms with Gasteiger partial charge < -0.3 is 13.4 Å². The van der Waals surface area contributed by atoms with Crippen molar-refractivity contribution in [2.24, 2.45) is 0 Å². The van der Waals surface area contributed by atoms with Crippen LogP contribution < -0.4 is 0 Å². The maximum Gasteiger partial charge on any atom is 0.164 e. The maximum absolute atomic E-state index is 6.35. The number of hydrogen-bond donors (Lipinski definition) is 0. The first kappa shape index (κ1) is 30.5. The minimum Gasteiger partial charge on any atom is -0.456 e. The monoisotopic (exact) mass is 728 g/mol. The van der Waals surface area contributed by atoms with Gasteiger partial charge in [0.2, 0.25) is 0 Å². The van der Waals surface area contributed by atoms with Gasteiger partial charge in [-0.1, -0.05) is 103 Å². The maximum atomic E-state index is 6.35. The summed E-state index contributed by atoms with van der Waals surface area (Å²) in [5, 5.41) is 11.4. The minimum absolute atomic E-state index is 0.561. The van der Waals surface area contributed by atoms with Crippen molar-refractivity contribution in [2.75, 3.05) is 0 Å². The molecule has 0 bridgehead atoms. The molecule has 6 nitrogen and oxygen atoms in total. The van der Waals surface area contributed by atoms with Gasteiger partial charge in [-0.15, -0.1) is 0 Å². The Kier molecular flexibility index (Phi) is 6.07.